The molecule has 3 amide bonds. The number of para-hydroxylation sites is 2. The summed E-state index contributed by atoms with van der Waals surface area (Å²) in [5.41, 5.74) is 1.77. The van der Waals surface area contributed by atoms with Crippen molar-refractivity contribution in [3.05, 3.63) is 30.5 Å². The van der Waals surface area contributed by atoms with Crippen LogP contribution in [0.2, 0.25) is 0 Å². The van der Waals surface area contributed by atoms with E-state index in [4.69, 9.17) is 0 Å². The molecule has 0 spiro atoms. The van der Waals surface area contributed by atoms with Crippen molar-refractivity contribution in [2.75, 3.05) is 31.1 Å². The quantitative estimate of drug-likeness (QED) is 0.825. The van der Waals surface area contributed by atoms with Gasteiger partial charge >= 0.3 is 6.03 Å². The van der Waals surface area contributed by atoms with Gasteiger partial charge in [0.05, 0.1) is 29.8 Å². The molecule has 3 heterocycles. The second-order valence-corrected chi connectivity index (χ2v) is 5.98. The number of anilines is 1. The van der Waals surface area contributed by atoms with Gasteiger partial charge in [-0.2, -0.15) is 0 Å². The smallest absolute Gasteiger partial charge is 0.322 e. The zero-order valence-corrected chi connectivity index (χ0v) is 13.1. The van der Waals surface area contributed by atoms with Crippen LogP contribution in [0.1, 0.15) is 6.42 Å². The molecular formula is C16H18N6O2. The summed E-state index contributed by atoms with van der Waals surface area (Å²) in [5.74, 6) is 0.630. The molecule has 8 heteroatoms. The summed E-state index contributed by atoms with van der Waals surface area (Å²) in [7, 11) is 0. The number of carbonyl (C=O) groups is 2. The SMILES string of the molecule is O=C1CC(N2CCN(c3cnc4ccccc4n3)CC2)NC(=O)N1. The third-order valence-corrected chi connectivity index (χ3v) is 4.44. The third kappa shape index (κ3) is 2.88. The van der Waals surface area contributed by atoms with Gasteiger partial charge in [-0.25, -0.2) is 9.78 Å². The average molecular weight is 326 g/mol. The van der Waals surface area contributed by atoms with E-state index < -0.39 is 6.03 Å². The number of hydrogen-bond donors (Lipinski definition) is 2. The number of benzene rings is 1. The van der Waals surface area contributed by atoms with Gasteiger partial charge in [0.25, 0.3) is 0 Å². The largest absolute Gasteiger partial charge is 0.353 e. The first-order valence-electron chi connectivity index (χ1n) is 8.00. The Labute approximate surface area is 138 Å². The minimum absolute atomic E-state index is 0.226. The first-order chi connectivity index (χ1) is 11.7. The van der Waals surface area contributed by atoms with Crippen LogP contribution in [0.5, 0.6) is 0 Å². The Morgan fingerprint density at radius 3 is 2.54 bits per heavy atom. The van der Waals surface area contributed by atoms with E-state index in [1.54, 1.807) is 6.20 Å². The number of amides is 3. The third-order valence-electron chi connectivity index (χ3n) is 4.44. The van der Waals surface area contributed by atoms with E-state index in [9.17, 15) is 9.59 Å². The molecule has 2 aromatic rings. The molecule has 1 unspecified atom stereocenters. The van der Waals surface area contributed by atoms with Gasteiger partial charge < -0.3 is 10.2 Å². The number of piperazine rings is 1. The predicted octanol–water partition coefficient (Wildman–Crippen LogP) is 0.307. The summed E-state index contributed by atoms with van der Waals surface area (Å²) in [5, 5.41) is 5.06. The Hall–Kier alpha value is -2.74. The second-order valence-electron chi connectivity index (χ2n) is 5.98. The standard InChI is InChI=1S/C16H18N6O2/c23-15-9-13(19-16(24)20-15)21-5-7-22(8-6-21)14-10-17-11-3-1-2-4-12(11)18-14/h1-4,10,13H,5-9H2,(H2,19,20,23,24). The van der Waals surface area contributed by atoms with Gasteiger partial charge in [0.1, 0.15) is 5.82 Å². The summed E-state index contributed by atoms with van der Waals surface area (Å²) < 4.78 is 0. The highest BCUT2D eigenvalue weighted by Crippen LogP contribution is 2.18. The van der Waals surface area contributed by atoms with Crippen molar-refractivity contribution in [2.24, 2.45) is 0 Å². The van der Waals surface area contributed by atoms with E-state index in [1.165, 1.54) is 0 Å². The fourth-order valence-corrected chi connectivity index (χ4v) is 3.17. The van der Waals surface area contributed by atoms with Crippen LogP contribution in [0.3, 0.4) is 0 Å². The van der Waals surface area contributed by atoms with Crippen molar-refractivity contribution >= 4 is 28.8 Å². The lowest BCUT2D eigenvalue weighted by Crippen LogP contribution is -2.62. The van der Waals surface area contributed by atoms with Crippen molar-refractivity contribution in [3.63, 3.8) is 0 Å². The second kappa shape index (κ2) is 6.04. The normalized spacial score (nSPS) is 22.3. The number of aromatic nitrogens is 2. The van der Waals surface area contributed by atoms with Gasteiger partial charge in [0, 0.05) is 26.2 Å². The monoisotopic (exact) mass is 326 g/mol. The Bertz CT molecular complexity index is 771. The van der Waals surface area contributed by atoms with Gasteiger partial charge in [0.15, 0.2) is 0 Å². The molecule has 0 radical (unpaired) electrons. The fourth-order valence-electron chi connectivity index (χ4n) is 3.17. The number of nitrogens with one attached hydrogen (secondary N) is 2. The summed E-state index contributed by atoms with van der Waals surface area (Å²) in [6, 6.07) is 7.39. The molecule has 0 saturated carbocycles. The number of carbonyl (C=O) groups excluding carboxylic acids is 2. The zero-order chi connectivity index (χ0) is 16.5. The van der Waals surface area contributed by atoms with Gasteiger partial charge in [0.2, 0.25) is 5.91 Å². The van der Waals surface area contributed by atoms with Gasteiger partial charge in [-0.05, 0) is 12.1 Å². The number of fused-ring (bicyclic) bond motifs is 1. The Kier molecular flexibility index (Phi) is 3.73. The maximum atomic E-state index is 11.5. The van der Waals surface area contributed by atoms with Crippen molar-refractivity contribution < 1.29 is 9.59 Å². The van der Waals surface area contributed by atoms with Crippen LogP contribution in [-0.4, -0.2) is 59.2 Å². The van der Waals surface area contributed by atoms with Crippen LogP contribution in [-0.2, 0) is 4.79 Å². The lowest BCUT2D eigenvalue weighted by Gasteiger charge is -2.40. The number of urea groups is 1. The summed E-state index contributed by atoms with van der Waals surface area (Å²) in [6.45, 7) is 3.07. The molecular weight excluding hydrogens is 308 g/mol. The van der Waals surface area contributed by atoms with Crippen LogP contribution in [0.4, 0.5) is 10.6 Å². The first kappa shape index (κ1) is 14.8. The summed E-state index contributed by atoms with van der Waals surface area (Å²) in [6.07, 6.45) is 1.87. The molecule has 0 bridgehead atoms. The highest BCUT2D eigenvalue weighted by atomic mass is 16.2. The van der Waals surface area contributed by atoms with Crippen LogP contribution in [0, 0.1) is 0 Å². The van der Waals surface area contributed by atoms with Crippen LogP contribution < -0.4 is 15.5 Å². The van der Waals surface area contributed by atoms with E-state index >= 15 is 0 Å². The maximum Gasteiger partial charge on any atom is 0.322 e. The molecule has 1 aromatic heterocycles. The van der Waals surface area contributed by atoms with E-state index in [0.717, 1.165) is 43.0 Å². The van der Waals surface area contributed by atoms with Gasteiger partial charge in [-0.15, -0.1) is 0 Å². The first-order valence-corrected chi connectivity index (χ1v) is 8.00. The number of imide groups is 1. The maximum absolute atomic E-state index is 11.5. The number of nitrogens with zero attached hydrogens (tertiary/aromatic N) is 4. The molecule has 124 valence electrons. The lowest BCUT2D eigenvalue weighted by atomic mass is 10.2. The van der Waals surface area contributed by atoms with Crippen LogP contribution in [0.15, 0.2) is 30.5 Å². The molecule has 2 N–H and O–H groups in total. The van der Waals surface area contributed by atoms with Crippen molar-refractivity contribution in [1.29, 1.82) is 0 Å². The molecule has 2 fully saturated rings. The molecule has 2 aliphatic heterocycles. The lowest BCUT2D eigenvalue weighted by molar-refractivity contribution is -0.122. The molecule has 1 aromatic carbocycles. The Morgan fingerprint density at radius 1 is 1.04 bits per heavy atom. The molecule has 2 saturated heterocycles. The van der Waals surface area contributed by atoms with Gasteiger partial charge in [-0.1, -0.05) is 12.1 Å². The van der Waals surface area contributed by atoms with Gasteiger partial charge in [-0.3, -0.25) is 20.0 Å². The number of rotatable bonds is 2. The zero-order valence-electron chi connectivity index (χ0n) is 13.1. The van der Waals surface area contributed by atoms with Crippen molar-refractivity contribution in [2.45, 2.75) is 12.6 Å². The highest BCUT2D eigenvalue weighted by molar-refractivity contribution is 5.97. The van der Waals surface area contributed by atoms with Crippen molar-refractivity contribution in [3.8, 4) is 0 Å². The number of hydrogen-bond acceptors (Lipinski definition) is 6. The fraction of sp³-hybridized carbons (Fsp3) is 0.375. The molecule has 0 aliphatic carbocycles. The molecule has 24 heavy (non-hydrogen) atoms. The minimum Gasteiger partial charge on any atom is -0.353 e. The molecule has 1 atom stereocenters. The highest BCUT2D eigenvalue weighted by Gasteiger charge is 2.31. The average Bonchev–Trinajstić information content (AvgIpc) is 2.61. The topological polar surface area (TPSA) is 90.5 Å². The summed E-state index contributed by atoms with van der Waals surface area (Å²) >= 11 is 0. The summed E-state index contributed by atoms with van der Waals surface area (Å²) in [4.78, 5) is 36.4. The van der Waals surface area contributed by atoms with E-state index in [0.29, 0.717) is 6.42 Å². The molecule has 4 rings (SSSR count). The molecule has 2 aliphatic rings. The van der Waals surface area contributed by atoms with E-state index in [2.05, 4.69) is 30.4 Å². The van der Waals surface area contributed by atoms with E-state index in [1.807, 2.05) is 24.3 Å². The predicted molar refractivity (Wildman–Crippen MR) is 88.4 cm³/mol. The Morgan fingerprint density at radius 2 is 1.79 bits per heavy atom. The van der Waals surface area contributed by atoms with Crippen LogP contribution >= 0.6 is 0 Å². The molecule has 8 nitrogen and oxygen atoms in total. The van der Waals surface area contributed by atoms with Crippen molar-refractivity contribution in [1.82, 2.24) is 25.5 Å². The minimum atomic E-state index is -0.418. The van der Waals surface area contributed by atoms with Crippen LogP contribution in [0.25, 0.3) is 11.0 Å². The van der Waals surface area contributed by atoms with E-state index in [-0.39, 0.29) is 12.1 Å². The Balaban J connectivity index is 1.43.